The molecular weight excluding hydrogens is 1120 g/mol. The molecule has 0 aliphatic carbocycles. The zero-order valence-corrected chi connectivity index (χ0v) is 48.7. The maximum Gasteiger partial charge on any atom is 0.166 e. The summed E-state index contributed by atoms with van der Waals surface area (Å²) in [5.41, 5.74) is 14.4. The van der Waals surface area contributed by atoms with E-state index in [0.717, 1.165) is 100 Å². The largest absolute Gasteiger partial charge is 0.308 e. The molecule has 5 heterocycles. The number of hydrogen-bond acceptors (Lipinski definition) is 11. The molecule has 16 rings (SSSR count). The summed E-state index contributed by atoms with van der Waals surface area (Å²) in [4.78, 5) is 57.6. The molecule has 12 nitrogen and oxygen atoms in total. The Balaban J connectivity index is 0.971. The van der Waals surface area contributed by atoms with E-state index in [4.69, 9.17) is 54.8 Å². The predicted molar refractivity (Wildman–Crippen MR) is 362 cm³/mol. The second-order valence-corrected chi connectivity index (χ2v) is 21.8. The molecule has 11 aromatic carbocycles. The van der Waals surface area contributed by atoms with E-state index in [9.17, 15) is 0 Å². The molecule has 0 bridgehead atoms. The zero-order chi connectivity index (χ0) is 60.5. The lowest BCUT2D eigenvalue weighted by atomic mass is 10.0. The van der Waals surface area contributed by atoms with Gasteiger partial charge in [-0.05, 0) is 60.7 Å². The second kappa shape index (κ2) is 23.5. The Morgan fingerprint density at radius 1 is 0.176 bits per heavy atom. The Bertz CT molecular complexity index is 4900. The van der Waals surface area contributed by atoms with Gasteiger partial charge in [-0.25, -0.2) is 54.8 Å². The number of hydrogen-bond donors (Lipinski definition) is 0. The van der Waals surface area contributed by atoms with Crippen molar-refractivity contribution in [3.05, 3.63) is 303 Å². The van der Waals surface area contributed by atoms with E-state index >= 15 is 0 Å². The first-order chi connectivity index (χ1) is 45.1. The molecule has 0 radical (unpaired) electrons. The summed E-state index contributed by atoms with van der Waals surface area (Å²) in [6, 6.07) is 102. The summed E-state index contributed by atoms with van der Waals surface area (Å²) >= 11 is 0. The minimum absolute atomic E-state index is 0.453. The van der Waals surface area contributed by atoms with Crippen LogP contribution in [0.1, 0.15) is 0 Å². The van der Waals surface area contributed by atoms with Crippen molar-refractivity contribution in [3.63, 3.8) is 0 Å². The first kappa shape index (κ1) is 53.8. The highest BCUT2D eigenvalue weighted by atomic mass is 15.1. The van der Waals surface area contributed by atoms with Crippen molar-refractivity contribution in [3.8, 4) is 142 Å². The average molecular weight is 1170 g/mol. The molecule has 0 N–H and O–H groups in total. The van der Waals surface area contributed by atoms with Crippen LogP contribution < -0.4 is 0 Å². The molecule has 0 atom stereocenters. The van der Waals surface area contributed by atoms with E-state index in [1.165, 1.54) is 0 Å². The number of aromatic nitrogens is 12. The monoisotopic (exact) mass is 1170 g/mol. The number of rotatable bonds is 13. The summed E-state index contributed by atoms with van der Waals surface area (Å²) in [6.45, 7) is 0. The third-order valence-electron chi connectivity index (χ3n) is 16.0. The molecule has 0 saturated heterocycles. The van der Waals surface area contributed by atoms with Crippen molar-refractivity contribution in [1.82, 2.24) is 59.4 Å². The first-order valence-electron chi connectivity index (χ1n) is 29.9. The van der Waals surface area contributed by atoms with Crippen molar-refractivity contribution in [1.29, 1.82) is 0 Å². The molecule has 0 amide bonds. The molecule has 0 aliphatic heterocycles. The highest BCUT2D eigenvalue weighted by Gasteiger charge is 2.24. The van der Waals surface area contributed by atoms with Crippen LogP contribution in [-0.2, 0) is 0 Å². The SMILES string of the molecule is c1ccc(-c2cc(-c3ccccc3)nc(-c3ccc(-n4c5ccc(-c6nc(-c7ccccc7)nc(-c7ccccc7)n6)cc5c5cc(-c6nc(-c7ccccc7)nc(-c7ccccc7)n6)ccc54)c(-c4nc(-c5ccccc5)nc(-c5ccccc5)n4)c3)n2)cc1. The van der Waals surface area contributed by atoms with E-state index in [2.05, 4.69) is 89.5 Å². The van der Waals surface area contributed by atoms with Gasteiger partial charge in [0, 0.05) is 77.5 Å². The Hall–Kier alpha value is -12.7. The standard InChI is InChI=1S/C79H50N12/c1-9-25-51(26-10-1)65-50-66(52-27-11-2-12-28-52)81-76(80-65)61-43-46-69(64(49-61)79-89-74(57-37-21-7-22-38-57)84-75(90-79)58-39-23-8-24-40-58)91-67-44-41-59(77-85-70(53-29-13-3-14-30-53)82-71(86-77)54-31-15-4-16-32-54)47-62(67)63-48-60(42-45-68(63)91)78-87-72(55-33-17-5-18-34-55)83-73(88-78)56-35-19-6-20-36-56/h1-50H. The van der Waals surface area contributed by atoms with Crippen molar-refractivity contribution >= 4 is 21.8 Å². The Morgan fingerprint density at radius 3 is 0.725 bits per heavy atom. The highest BCUT2D eigenvalue weighted by Crippen LogP contribution is 2.42. The summed E-state index contributed by atoms with van der Waals surface area (Å²) in [6.07, 6.45) is 0. The van der Waals surface area contributed by atoms with Gasteiger partial charge in [-0.3, -0.25) is 0 Å². The average Bonchev–Trinajstić information content (AvgIpc) is 1.62. The first-order valence-corrected chi connectivity index (χ1v) is 29.9. The van der Waals surface area contributed by atoms with Crippen LogP contribution in [-0.4, -0.2) is 59.4 Å². The molecule has 12 heteroatoms. The van der Waals surface area contributed by atoms with Crippen LogP contribution >= 0.6 is 0 Å². The van der Waals surface area contributed by atoms with E-state index in [-0.39, 0.29) is 0 Å². The molecule has 5 aromatic heterocycles. The zero-order valence-electron chi connectivity index (χ0n) is 48.7. The van der Waals surface area contributed by atoms with E-state index < -0.39 is 0 Å². The van der Waals surface area contributed by atoms with Gasteiger partial charge >= 0.3 is 0 Å². The third kappa shape index (κ3) is 10.7. The van der Waals surface area contributed by atoms with E-state index in [1.807, 2.05) is 218 Å². The van der Waals surface area contributed by atoms with Gasteiger partial charge in [0.15, 0.2) is 58.2 Å². The molecule has 0 unspecified atom stereocenters. The van der Waals surface area contributed by atoms with Crippen LogP contribution in [0.2, 0.25) is 0 Å². The molecule has 0 spiro atoms. The fraction of sp³-hybridized carbons (Fsp3) is 0. The summed E-state index contributed by atoms with van der Waals surface area (Å²) in [5.74, 6) is 5.33. The van der Waals surface area contributed by atoms with Crippen molar-refractivity contribution < 1.29 is 0 Å². The van der Waals surface area contributed by atoms with Gasteiger partial charge in [-0.2, -0.15) is 0 Å². The van der Waals surface area contributed by atoms with Gasteiger partial charge in [0.1, 0.15) is 0 Å². The van der Waals surface area contributed by atoms with Crippen LogP contribution in [0.25, 0.3) is 164 Å². The minimum Gasteiger partial charge on any atom is -0.308 e. The van der Waals surface area contributed by atoms with E-state index in [1.54, 1.807) is 0 Å². The van der Waals surface area contributed by atoms with Gasteiger partial charge < -0.3 is 4.57 Å². The molecule has 426 valence electrons. The van der Waals surface area contributed by atoms with Gasteiger partial charge in [-0.1, -0.05) is 243 Å². The summed E-state index contributed by atoms with van der Waals surface area (Å²) in [5, 5.41) is 1.84. The summed E-state index contributed by atoms with van der Waals surface area (Å²) < 4.78 is 2.29. The van der Waals surface area contributed by atoms with Crippen LogP contribution in [0.3, 0.4) is 0 Å². The maximum absolute atomic E-state index is 5.41. The maximum atomic E-state index is 5.41. The van der Waals surface area contributed by atoms with Gasteiger partial charge in [0.05, 0.1) is 28.1 Å². The molecule has 0 fully saturated rings. The fourth-order valence-electron chi connectivity index (χ4n) is 11.5. The third-order valence-corrected chi connectivity index (χ3v) is 16.0. The molecule has 91 heavy (non-hydrogen) atoms. The lowest BCUT2D eigenvalue weighted by Crippen LogP contribution is -2.05. The van der Waals surface area contributed by atoms with E-state index in [0.29, 0.717) is 63.8 Å². The van der Waals surface area contributed by atoms with Crippen LogP contribution in [0.4, 0.5) is 0 Å². The predicted octanol–water partition coefficient (Wildman–Crippen LogP) is 18.1. The number of nitrogens with zero attached hydrogens (tertiary/aromatic N) is 12. The highest BCUT2D eigenvalue weighted by molar-refractivity contribution is 6.12. The topological polar surface area (TPSA) is 147 Å². The molecule has 0 aliphatic rings. The second-order valence-electron chi connectivity index (χ2n) is 21.8. The van der Waals surface area contributed by atoms with Crippen molar-refractivity contribution in [2.45, 2.75) is 0 Å². The number of fused-ring (bicyclic) bond motifs is 3. The normalized spacial score (nSPS) is 11.3. The number of benzene rings is 11. The van der Waals surface area contributed by atoms with Crippen LogP contribution in [0.15, 0.2) is 303 Å². The smallest absolute Gasteiger partial charge is 0.166 e. The Kier molecular flexibility index (Phi) is 13.9. The Morgan fingerprint density at radius 2 is 0.418 bits per heavy atom. The molecular formula is C79H50N12. The lowest BCUT2D eigenvalue weighted by Gasteiger charge is -2.17. The van der Waals surface area contributed by atoms with Crippen molar-refractivity contribution in [2.24, 2.45) is 0 Å². The Labute approximate surface area is 523 Å². The fourth-order valence-corrected chi connectivity index (χ4v) is 11.5. The quantitative estimate of drug-likeness (QED) is 0.109. The van der Waals surface area contributed by atoms with Crippen LogP contribution in [0, 0.1) is 0 Å². The van der Waals surface area contributed by atoms with Gasteiger partial charge in [0.2, 0.25) is 0 Å². The lowest BCUT2D eigenvalue weighted by molar-refractivity contribution is 1.06. The molecule has 0 saturated carbocycles. The minimum atomic E-state index is 0.453. The molecule has 16 aromatic rings. The van der Waals surface area contributed by atoms with Crippen LogP contribution in [0.5, 0.6) is 0 Å². The van der Waals surface area contributed by atoms with Crippen molar-refractivity contribution in [2.75, 3.05) is 0 Å². The van der Waals surface area contributed by atoms with Gasteiger partial charge in [-0.15, -0.1) is 0 Å². The summed E-state index contributed by atoms with van der Waals surface area (Å²) in [7, 11) is 0. The van der Waals surface area contributed by atoms with Gasteiger partial charge in [0.25, 0.3) is 0 Å².